The fourth-order valence-corrected chi connectivity index (χ4v) is 3.95. The lowest BCUT2D eigenvalue weighted by molar-refractivity contribution is -0.152. The number of Topliss-reactive ketones (excluding diaryl/α,β-unsaturated/α-hetero) is 1. The molecule has 0 spiro atoms. The van der Waals surface area contributed by atoms with Gasteiger partial charge in [-0.05, 0) is 24.1 Å². The van der Waals surface area contributed by atoms with Gasteiger partial charge in [0, 0.05) is 58.8 Å². The third kappa shape index (κ3) is 3.72. The van der Waals surface area contributed by atoms with Crippen LogP contribution in [0.2, 0.25) is 5.02 Å². The lowest BCUT2D eigenvalue weighted by Crippen LogP contribution is -2.54. The molecular weight excluding hydrogens is 368 g/mol. The molecule has 0 unspecified atom stereocenters. The van der Waals surface area contributed by atoms with Crippen LogP contribution >= 0.6 is 11.6 Å². The van der Waals surface area contributed by atoms with Crippen molar-refractivity contribution in [2.75, 3.05) is 45.8 Å². The van der Waals surface area contributed by atoms with E-state index in [1.165, 1.54) is 0 Å². The fourth-order valence-electron chi connectivity index (χ4n) is 3.75. The third-order valence-corrected chi connectivity index (χ3v) is 5.85. The number of likely N-dealkylation sites (tertiary alicyclic amines) is 1. The lowest BCUT2D eigenvalue weighted by atomic mass is 10.1. The first-order chi connectivity index (χ1) is 13.0. The quantitative estimate of drug-likeness (QED) is 0.718. The van der Waals surface area contributed by atoms with E-state index in [-0.39, 0.29) is 17.6 Å². The van der Waals surface area contributed by atoms with Gasteiger partial charge in [0.05, 0.1) is 10.6 Å². The van der Waals surface area contributed by atoms with Crippen LogP contribution in [-0.4, -0.2) is 83.2 Å². The van der Waals surface area contributed by atoms with E-state index in [4.69, 9.17) is 11.6 Å². The van der Waals surface area contributed by atoms with E-state index >= 15 is 0 Å². The van der Waals surface area contributed by atoms with E-state index in [0.29, 0.717) is 36.6 Å². The van der Waals surface area contributed by atoms with Crippen LogP contribution in [0.1, 0.15) is 28.8 Å². The molecule has 1 aromatic rings. The smallest absolute Gasteiger partial charge is 0.304 e. The molecule has 3 aliphatic rings. The molecular formula is C19H23ClN4O3. The summed E-state index contributed by atoms with van der Waals surface area (Å²) in [6, 6.07) is 5.66. The molecule has 27 heavy (non-hydrogen) atoms. The normalized spacial score (nSPS) is 21.7. The van der Waals surface area contributed by atoms with Crippen LogP contribution in [-0.2, 0) is 16.1 Å². The van der Waals surface area contributed by atoms with Crippen molar-refractivity contribution in [3.8, 4) is 0 Å². The summed E-state index contributed by atoms with van der Waals surface area (Å²) in [5.74, 6) is -0.663. The number of ketones is 1. The first kappa shape index (κ1) is 18.4. The number of hydrogen-bond donors (Lipinski definition) is 0. The summed E-state index contributed by atoms with van der Waals surface area (Å²) in [7, 11) is 0. The Kier molecular flexibility index (Phi) is 5.16. The van der Waals surface area contributed by atoms with Crippen LogP contribution in [0.15, 0.2) is 18.2 Å². The molecule has 0 aliphatic carbocycles. The highest BCUT2D eigenvalue weighted by Crippen LogP contribution is 2.23. The molecule has 144 valence electrons. The van der Waals surface area contributed by atoms with Crippen LogP contribution in [0.5, 0.6) is 0 Å². The SMILES string of the molecule is O=C1CCN(N2CCN(Cc3ccc(Cl)c(C(=O)N4CCC4)c3)CC2)C1=O. The monoisotopic (exact) mass is 390 g/mol. The molecule has 0 aromatic heterocycles. The van der Waals surface area contributed by atoms with E-state index in [1.54, 1.807) is 11.1 Å². The van der Waals surface area contributed by atoms with Crippen molar-refractivity contribution in [1.29, 1.82) is 0 Å². The molecule has 8 heteroatoms. The Labute approximate surface area is 163 Å². The first-order valence-corrected chi connectivity index (χ1v) is 9.80. The molecule has 3 fully saturated rings. The Bertz CT molecular complexity index is 772. The van der Waals surface area contributed by atoms with Crippen molar-refractivity contribution in [1.82, 2.24) is 19.8 Å². The highest BCUT2D eigenvalue weighted by atomic mass is 35.5. The van der Waals surface area contributed by atoms with Crippen molar-refractivity contribution in [2.45, 2.75) is 19.4 Å². The van der Waals surface area contributed by atoms with Crippen molar-refractivity contribution < 1.29 is 14.4 Å². The van der Waals surface area contributed by atoms with Gasteiger partial charge in [-0.3, -0.25) is 24.3 Å². The third-order valence-electron chi connectivity index (χ3n) is 5.52. The predicted molar refractivity (Wildman–Crippen MR) is 100 cm³/mol. The predicted octanol–water partition coefficient (Wildman–Crippen LogP) is 1.02. The molecule has 7 nitrogen and oxygen atoms in total. The second-order valence-electron chi connectivity index (χ2n) is 7.29. The average molecular weight is 391 g/mol. The molecule has 4 rings (SSSR count). The van der Waals surface area contributed by atoms with Crippen LogP contribution in [0.25, 0.3) is 0 Å². The van der Waals surface area contributed by atoms with Crippen LogP contribution in [0.3, 0.4) is 0 Å². The van der Waals surface area contributed by atoms with Crippen molar-refractivity contribution in [3.63, 3.8) is 0 Å². The first-order valence-electron chi connectivity index (χ1n) is 9.42. The maximum absolute atomic E-state index is 12.5. The standard InChI is InChI=1S/C19H23ClN4O3/c20-16-3-2-14(12-15(16)18(26)22-5-1-6-22)13-21-8-10-23(11-9-21)24-7-4-17(25)19(24)27/h2-3,12H,1,4-11,13H2. The van der Waals surface area contributed by atoms with Crippen LogP contribution in [0, 0.1) is 0 Å². The van der Waals surface area contributed by atoms with E-state index in [9.17, 15) is 14.4 Å². The molecule has 2 amide bonds. The Morgan fingerprint density at radius 1 is 1.00 bits per heavy atom. The number of carbonyl (C=O) groups excluding carboxylic acids is 3. The summed E-state index contributed by atoms with van der Waals surface area (Å²) in [5, 5.41) is 4.06. The molecule has 0 radical (unpaired) electrons. The molecule has 0 atom stereocenters. The van der Waals surface area contributed by atoms with Gasteiger partial charge in [-0.1, -0.05) is 17.7 Å². The zero-order valence-electron chi connectivity index (χ0n) is 15.2. The molecule has 0 saturated carbocycles. The second-order valence-corrected chi connectivity index (χ2v) is 7.70. The summed E-state index contributed by atoms with van der Waals surface area (Å²) in [4.78, 5) is 39.9. The number of halogens is 1. The molecule has 3 aliphatic heterocycles. The van der Waals surface area contributed by atoms with E-state index in [0.717, 1.165) is 44.7 Å². The minimum Gasteiger partial charge on any atom is -0.338 e. The number of hydrogen-bond acceptors (Lipinski definition) is 5. The van der Waals surface area contributed by atoms with Gasteiger partial charge in [-0.25, -0.2) is 5.01 Å². The van der Waals surface area contributed by atoms with Crippen LogP contribution in [0.4, 0.5) is 0 Å². The summed E-state index contributed by atoms with van der Waals surface area (Å²) >= 11 is 6.24. The largest absolute Gasteiger partial charge is 0.338 e. The number of carbonyl (C=O) groups is 3. The average Bonchev–Trinajstić information content (AvgIpc) is 2.95. The van der Waals surface area contributed by atoms with Gasteiger partial charge >= 0.3 is 5.91 Å². The van der Waals surface area contributed by atoms with Gasteiger partial charge < -0.3 is 4.90 Å². The number of benzene rings is 1. The van der Waals surface area contributed by atoms with E-state index in [2.05, 4.69) is 4.90 Å². The Hall–Kier alpha value is -1.96. The molecule has 1 aromatic carbocycles. The Morgan fingerprint density at radius 2 is 1.74 bits per heavy atom. The van der Waals surface area contributed by atoms with Crippen molar-refractivity contribution >= 4 is 29.2 Å². The lowest BCUT2D eigenvalue weighted by Gasteiger charge is -2.39. The van der Waals surface area contributed by atoms with Crippen LogP contribution < -0.4 is 0 Å². The van der Waals surface area contributed by atoms with Gasteiger partial charge in [0.1, 0.15) is 0 Å². The minimum absolute atomic E-state index is 0.00938. The summed E-state index contributed by atoms with van der Waals surface area (Å²) in [5.41, 5.74) is 1.64. The summed E-state index contributed by atoms with van der Waals surface area (Å²) < 4.78 is 0. The topological polar surface area (TPSA) is 64.2 Å². The van der Waals surface area contributed by atoms with Crippen molar-refractivity contribution in [3.05, 3.63) is 34.3 Å². The van der Waals surface area contributed by atoms with Gasteiger partial charge in [0.25, 0.3) is 5.91 Å². The molecule has 3 saturated heterocycles. The molecule has 3 heterocycles. The molecule has 0 N–H and O–H groups in total. The van der Waals surface area contributed by atoms with E-state index < -0.39 is 0 Å². The zero-order valence-corrected chi connectivity index (χ0v) is 16.0. The molecule has 0 bridgehead atoms. The van der Waals surface area contributed by atoms with Gasteiger partial charge in [-0.2, -0.15) is 0 Å². The Morgan fingerprint density at radius 3 is 2.33 bits per heavy atom. The summed E-state index contributed by atoms with van der Waals surface area (Å²) in [6.45, 7) is 5.87. The van der Waals surface area contributed by atoms with Crippen molar-refractivity contribution in [2.24, 2.45) is 0 Å². The minimum atomic E-state index is -0.379. The summed E-state index contributed by atoms with van der Waals surface area (Å²) in [6.07, 6.45) is 1.37. The fraction of sp³-hybridized carbons (Fsp3) is 0.526. The maximum atomic E-state index is 12.5. The Balaban J connectivity index is 1.36. The second kappa shape index (κ2) is 7.58. The highest BCUT2D eigenvalue weighted by Gasteiger charge is 2.34. The maximum Gasteiger partial charge on any atom is 0.304 e. The number of hydrazine groups is 1. The zero-order chi connectivity index (χ0) is 19.0. The van der Waals surface area contributed by atoms with Gasteiger partial charge in [0.2, 0.25) is 5.78 Å². The van der Waals surface area contributed by atoms with E-state index in [1.807, 2.05) is 22.0 Å². The number of amides is 2. The van der Waals surface area contributed by atoms with Gasteiger partial charge in [0.15, 0.2) is 0 Å². The number of nitrogens with zero attached hydrogens (tertiary/aromatic N) is 4. The highest BCUT2D eigenvalue weighted by molar-refractivity contribution is 6.37. The number of piperazine rings is 1. The van der Waals surface area contributed by atoms with Gasteiger partial charge in [-0.15, -0.1) is 0 Å². The number of rotatable bonds is 4.